The zero-order valence-electron chi connectivity index (χ0n) is 9.73. The van der Waals surface area contributed by atoms with Crippen molar-refractivity contribution in [3.8, 4) is 5.75 Å². The third-order valence-corrected chi connectivity index (χ3v) is 2.78. The van der Waals surface area contributed by atoms with Crippen molar-refractivity contribution in [3.05, 3.63) is 12.1 Å². The summed E-state index contributed by atoms with van der Waals surface area (Å²) in [5, 5.41) is 2.85. The van der Waals surface area contributed by atoms with Crippen LogP contribution >= 0.6 is 0 Å². The van der Waals surface area contributed by atoms with Crippen LogP contribution in [0, 0.1) is 0 Å². The molecule has 0 aromatic carbocycles. The van der Waals surface area contributed by atoms with Crippen molar-refractivity contribution in [1.29, 1.82) is 0 Å². The number of rotatable bonds is 5. The number of nitrogens with zero attached hydrogens (tertiary/aromatic N) is 1. The lowest BCUT2D eigenvalue weighted by atomic mass is 10.4. The Morgan fingerprint density at radius 2 is 2.12 bits per heavy atom. The Kier molecular flexibility index (Phi) is 3.10. The predicted octanol–water partition coefficient (Wildman–Crippen LogP) is 1.04. The molecule has 0 unspecified atom stereocenters. The van der Waals surface area contributed by atoms with E-state index >= 15 is 0 Å². The zero-order chi connectivity index (χ0) is 12.5. The largest absolute Gasteiger partial charge is 0.487 e. The topological polar surface area (TPSA) is 80.3 Å². The summed E-state index contributed by atoms with van der Waals surface area (Å²) in [6.07, 6.45) is 3.29. The van der Waals surface area contributed by atoms with Crippen LogP contribution in [-0.2, 0) is 10.0 Å². The van der Waals surface area contributed by atoms with Gasteiger partial charge in [0.25, 0.3) is 0 Å². The normalized spacial score (nSPS) is 15.4. The fourth-order valence-corrected chi connectivity index (χ4v) is 1.79. The van der Waals surface area contributed by atoms with Gasteiger partial charge in [-0.25, -0.2) is 13.4 Å². The Morgan fingerprint density at radius 3 is 2.65 bits per heavy atom. The van der Waals surface area contributed by atoms with Gasteiger partial charge in [-0.3, -0.25) is 4.72 Å². The Hall–Kier alpha value is -1.50. The molecule has 0 spiro atoms. The van der Waals surface area contributed by atoms with Crippen LogP contribution in [0.5, 0.6) is 5.75 Å². The first kappa shape index (κ1) is 12.0. The van der Waals surface area contributed by atoms with Crippen molar-refractivity contribution in [2.24, 2.45) is 0 Å². The number of anilines is 2. The second-order valence-corrected chi connectivity index (χ2v) is 5.73. The quantitative estimate of drug-likeness (QED) is 0.823. The molecule has 17 heavy (non-hydrogen) atoms. The molecule has 1 aromatic rings. The van der Waals surface area contributed by atoms with Gasteiger partial charge in [0.15, 0.2) is 11.6 Å². The average Bonchev–Trinajstić information content (AvgIpc) is 3.02. The number of pyridine rings is 1. The molecule has 6 nitrogen and oxygen atoms in total. The summed E-state index contributed by atoms with van der Waals surface area (Å²) in [4.78, 5) is 4.13. The molecule has 0 aliphatic heterocycles. The predicted molar refractivity (Wildman–Crippen MR) is 65.9 cm³/mol. The number of nitrogens with one attached hydrogen (secondary N) is 2. The first-order valence-corrected chi connectivity index (χ1v) is 7.20. The number of sulfonamides is 1. The minimum absolute atomic E-state index is 0.192. The molecule has 1 heterocycles. The molecule has 0 saturated heterocycles. The highest BCUT2D eigenvalue weighted by molar-refractivity contribution is 7.92. The average molecular weight is 257 g/mol. The summed E-state index contributed by atoms with van der Waals surface area (Å²) in [6, 6.07) is 3.45. The van der Waals surface area contributed by atoms with Gasteiger partial charge >= 0.3 is 0 Å². The molecule has 2 rings (SSSR count). The highest BCUT2D eigenvalue weighted by Crippen LogP contribution is 2.32. The van der Waals surface area contributed by atoms with Crippen molar-refractivity contribution in [1.82, 2.24) is 4.98 Å². The van der Waals surface area contributed by atoms with Gasteiger partial charge in [0.1, 0.15) is 5.82 Å². The lowest BCUT2D eigenvalue weighted by molar-refractivity contribution is 0.304. The van der Waals surface area contributed by atoms with Crippen molar-refractivity contribution < 1.29 is 13.2 Å². The lowest BCUT2D eigenvalue weighted by Gasteiger charge is -2.12. The Morgan fingerprint density at radius 1 is 1.41 bits per heavy atom. The molecule has 7 heteroatoms. The molecule has 0 amide bonds. The second-order valence-electron chi connectivity index (χ2n) is 3.98. The van der Waals surface area contributed by atoms with Crippen LogP contribution in [0.25, 0.3) is 0 Å². The standard InChI is InChI=1S/C10H15N3O3S/c1-11-9-6-5-8(16-7-3-4-7)10(12-9)13-17(2,14)15/h5-7H,3-4H2,1-2H3,(H2,11,12,13). The summed E-state index contributed by atoms with van der Waals surface area (Å²) in [7, 11) is -1.64. The molecule has 94 valence electrons. The minimum Gasteiger partial charge on any atom is -0.487 e. The van der Waals surface area contributed by atoms with Gasteiger partial charge in [-0.05, 0) is 25.0 Å². The third-order valence-electron chi connectivity index (χ3n) is 2.21. The van der Waals surface area contributed by atoms with Gasteiger partial charge in [0.05, 0.1) is 12.4 Å². The Balaban J connectivity index is 2.28. The number of hydrogen-bond donors (Lipinski definition) is 2. The van der Waals surface area contributed by atoms with Crippen LogP contribution in [0.2, 0.25) is 0 Å². The third kappa shape index (κ3) is 3.48. The van der Waals surface area contributed by atoms with E-state index in [2.05, 4.69) is 15.0 Å². The van der Waals surface area contributed by atoms with Crippen LogP contribution < -0.4 is 14.8 Å². The summed E-state index contributed by atoms with van der Waals surface area (Å²) in [5.41, 5.74) is 0. The molecular formula is C10H15N3O3S. The van der Waals surface area contributed by atoms with Gasteiger partial charge in [0.2, 0.25) is 10.0 Å². The molecule has 0 atom stereocenters. The van der Waals surface area contributed by atoms with Gasteiger partial charge in [-0.2, -0.15) is 0 Å². The maximum absolute atomic E-state index is 11.2. The van der Waals surface area contributed by atoms with E-state index in [1.807, 2.05) is 0 Å². The van der Waals surface area contributed by atoms with Crippen molar-refractivity contribution in [3.63, 3.8) is 0 Å². The zero-order valence-corrected chi connectivity index (χ0v) is 10.5. The fourth-order valence-electron chi connectivity index (χ4n) is 1.29. The van der Waals surface area contributed by atoms with Crippen molar-refractivity contribution in [2.45, 2.75) is 18.9 Å². The van der Waals surface area contributed by atoms with E-state index in [9.17, 15) is 8.42 Å². The lowest BCUT2D eigenvalue weighted by Crippen LogP contribution is -2.13. The number of hydrogen-bond acceptors (Lipinski definition) is 5. The van der Waals surface area contributed by atoms with Crippen molar-refractivity contribution >= 4 is 21.7 Å². The van der Waals surface area contributed by atoms with E-state index in [0.29, 0.717) is 11.6 Å². The van der Waals surface area contributed by atoms with Gasteiger partial charge in [-0.1, -0.05) is 0 Å². The molecule has 1 aromatic heterocycles. The van der Waals surface area contributed by atoms with E-state index in [1.54, 1.807) is 19.2 Å². The highest BCUT2D eigenvalue weighted by atomic mass is 32.2. The molecule has 1 aliphatic carbocycles. The maximum atomic E-state index is 11.2. The van der Waals surface area contributed by atoms with E-state index < -0.39 is 10.0 Å². The van der Waals surface area contributed by atoms with Crippen LogP contribution in [0.1, 0.15) is 12.8 Å². The second kappa shape index (κ2) is 4.40. The smallest absolute Gasteiger partial charge is 0.231 e. The molecule has 2 N–H and O–H groups in total. The van der Waals surface area contributed by atoms with Gasteiger partial charge < -0.3 is 10.1 Å². The first-order valence-electron chi connectivity index (χ1n) is 5.31. The van der Waals surface area contributed by atoms with Crippen LogP contribution in [0.15, 0.2) is 12.1 Å². The summed E-state index contributed by atoms with van der Waals surface area (Å²) < 4.78 is 30.4. The monoisotopic (exact) mass is 257 g/mol. The summed E-state index contributed by atoms with van der Waals surface area (Å²) >= 11 is 0. The minimum atomic E-state index is -3.36. The van der Waals surface area contributed by atoms with E-state index in [-0.39, 0.29) is 11.9 Å². The molecule has 1 saturated carbocycles. The first-order chi connectivity index (χ1) is 7.98. The molecule has 1 fully saturated rings. The van der Waals surface area contributed by atoms with Crippen LogP contribution in [-0.4, -0.2) is 32.8 Å². The molecule has 1 aliphatic rings. The SMILES string of the molecule is CNc1ccc(OC2CC2)c(NS(C)(=O)=O)n1. The van der Waals surface area contributed by atoms with E-state index in [4.69, 9.17) is 4.74 Å². The summed E-state index contributed by atoms with van der Waals surface area (Å²) in [6.45, 7) is 0. The van der Waals surface area contributed by atoms with Gasteiger partial charge in [0, 0.05) is 7.05 Å². The molecule has 0 radical (unpaired) electrons. The Labute approximate surface area is 100 Å². The van der Waals surface area contributed by atoms with Crippen LogP contribution in [0.4, 0.5) is 11.6 Å². The Bertz CT molecular complexity index is 512. The maximum Gasteiger partial charge on any atom is 0.231 e. The molecule has 0 bridgehead atoms. The highest BCUT2D eigenvalue weighted by Gasteiger charge is 2.25. The summed E-state index contributed by atoms with van der Waals surface area (Å²) in [5.74, 6) is 1.28. The van der Waals surface area contributed by atoms with Crippen LogP contribution in [0.3, 0.4) is 0 Å². The van der Waals surface area contributed by atoms with E-state index in [0.717, 1.165) is 19.1 Å². The number of ether oxygens (including phenoxy) is 1. The molecular weight excluding hydrogens is 242 g/mol. The fraction of sp³-hybridized carbons (Fsp3) is 0.500. The number of aromatic nitrogens is 1. The van der Waals surface area contributed by atoms with Crippen molar-refractivity contribution in [2.75, 3.05) is 23.3 Å². The van der Waals surface area contributed by atoms with E-state index in [1.165, 1.54) is 0 Å². The van der Waals surface area contributed by atoms with Gasteiger partial charge in [-0.15, -0.1) is 0 Å².